The quantitative estimate of drug-likeness (QED) is 0.695. The number of carbonyl (C=O) groups excluding carboxylic acids is 2. The number of benzene rings is 1. The molecule has 1 fully saturated rings. The summed E-state index contributed by atoms with van der Waals surface area (Å²) in [6.07, 6.45) is -4.12. The van der Waals surface area contributed by atoms with Crippen LogP contribution in [-0.4, -0.2) is 48.0 Å². The van der Waals surface area contributed by atoms with Gasteiger partial charge in [-0.2, -0.15) is 13.2 Å². The number of halogens is 3. The number of primary amides is 1. The van der Waals surface area contributed by atoms with Gasteiger partial charge in [0.05, 0.1) is 24.1 Å². The summed E-state index contributed by atoms with van der Waals surface area (Å²) in [4.78, 5) is 25.0. The molecule has 1 saturated heterocycles. The average Bonchev–Trinajstić information content (AvgIpc) is 2.58. The van der Waals surface area contributed by atoms with E-state index in [4.69, 9.17) is 5.73 Å². The maximum absolute atomic E-state index is 12.5. The SMILES string of the molecule is NC(=O)CN1CCCC(C(=O)NCC(O)c2ccc(C(F)(F)F)cc2)C1. The molecule has 0 aliphatic carbocycles. The molecule has 2 unspecified atom stereocenters. The second kappa shape index (κ2) is 8.50. The van der Waals surface area contributed by atoms with Crippen LogP contribution >= 0.6 is 0 Å². The number of aliphatic hydroxyl groups is 1. The lowest BCUT2D eigenvalue weighted by Gasteiger charge is -2.31. The summed E-state index contributed by atoms with van der Waals surface area (Å²) in [6.45, 7) is 1.10. The molecule has 26 heavy (non-hydrogen) atoms. The van der Waals surface area contributed by atoms with Gasteiger partial charge in [-0.05, 0) is 37.1 Å². The summed E-state index contributed by atoms with van der Waals surface area (Å²) in [5.41, 5.74) is 4.65. The molecule has 2 rings (SSSR count). The number of rotatable bonds is 6. The molecule has 1 heterocycles. The molecule has 2 amide bonds. The van der Waals surface area contributed by atoms with E-state index < -0.39 is 23.8 Å². The van der Waals surface area contributed by atoms with Crippen molar-refractivity contribution in [3.8, 4) is 0 Å². The Morgan fingerprint density at radius 2 is 1.96 bits per heavy atom. The molecular weight excluding hydrogens is 351 g/mol. The van der Waals surface area contributed by atoms with Crippen molar-refractivity contribution < 1.29 is 27.9 Å². The van der Waals surface area contributed by atoms with Gasteiger partial charge in [-0.1, -0.05) is 12.1 Å². The van der Waals surface area contributed by atoms with Gasteiger partial charge < -0.3 is 16.2 Å². The lowest BCUT2D eigenvalue weighted by Crippen LogP contribution is -2.46. The van der Waals surface area contributed by atoms with Gasteiger partial charge in [0.15, 0.2) is 0 Å². The van der Waals surface area contributed by atoms with Crippen LogP contribution in [-0.2, 0) is 15.8 Å². The van der Waals surface area contributed by atoms with Crippen molar-refractivity contribution in [3.63, 3.8) is 0 Å². The standard InChI is InChI=1S/C17H22F3N3O3/c18-17(19,20)13-5-3-11(4-6-13)14(24)8-22-16(26)12-2-1-7-23(9-12)10-15(21)25/h3-6,12,14,24H,1-2,7-10H2,(H2,21,25)(H,22,26). The van der Waals surface area contributed by atoms with Gasteiger partial charge in [0.1, 0.15) is 0 Å². The normalized spacial score (nSPS) is 19.8. The predicted molar refractivity (Wildman–Crippen MR) is 87.8 cm³/mol. The summed E-state index contributed by atoms with van der Waals surface area (Å²) in [5, 5.41) is 12.7. The van der Waals surface area contributed by atoms with Crippen LogP contribution in [0.3, 0.4) is 0 Å². The minimum Gasteiger partial charge on any atom is -0.387 e. The molecule has 2 atom stereocenters. The molecule has 0 spiro atoms. The van der Waals surface area contributed by atoms with Crippen molar-refractivity contribution in [2.45, 2.75) is 25.1 Å². The molecule has 144 valence electrons. The highest BCUT2D eigenvalue weighted by Crippen LogP contribution is 2.29. The molecule has 0 bridgehead atoms. The fourth-order valence-corrected chi connectivity index (χ4v) is 2.99. The van der Waals surface area contributed by atoms with Gasteiger partial charge >= 0.3 is 6.18 Å². The van der Waals surface area contributed by atoms with Crippen LogP contribution in [0.15, 0.2) is 24.3 Å². The molecule has 1 aromatic rings. The van der Waals surface area contributed by atoms with Crippen LogP contribution in [0.5, 0.6) is 0 Å². The molecule has 4 N–H and O–H groups in total. The molecule has 0 saturated carbocycles. The van der Waals surface area contributed by atoms with Crippen LogP contribution in [0.2, 0.25) is 0 Å². The first-order valence-electron chi connectivity index (χ1n) is 8.30. The van der Waals surface area contributed by atoms with Gasteiger partial charge in [0.2, 0.25) is 11.8 Å². The summed E-state index contributed by atoms with van der Waals surface area (Å²) >= 11 is 0. The Kier molecular flexibility index (Phi) is 6.60. The lowest BCUT2D eigenvalue weighted by atomic mass is 9.97. The topological polar surface area (TPSA) is 95.7 Å². The molecular formula is C17H22F3N3O3. The lowest BCUT2D eigenvalue weighted by molar-refractivity contribution is -0.137. The predicted octanol–water partition coefficient (Wildman–Crippen LogP) is 1.05. The van der Waals surface area contributed by atoms with Gasteiger partial charge in [-0.25, -0.2) is 0 Å². The number of hydrogen-bond donors (Lipinski definition) is 3. The second-order valence-electron chi connectivity index (χ2n) is 6.42. The third-order valence-corrected chi connectivity index (χ3v) is 4.35. The molecule has 1 aliphatic heterocycles. The third kappa shape index (κ3) is 5.70. The van der Waals surface area contributed by atoms with Crippen LogP contribution < -0.4 is 11.1 Å². The summed E-state index contributed by atoms with van der Waals surface area (Å²) in [7, 11) is 0. The average molecular weight is 373 g/mol. The number of carbonyl (C=O) groups is 2. The van der Waals surface area contributed by atoms with E-state index >= 15 is 0 Å². The Labute approximate surface area is 149 Å². The van der Waals surface area contributed by atoms with E-state index in [2.05, 4.69) is 5.32 Å². The van der Waals surface area contributed by atoms with Gasteiger partial charge in [0.25, 0.3) is 0 Å². The number of amides is 2. The number of likely N-dealkylation sites (tertiary alicyclic amines) is 1. The van der Waals surface area contributed by atoms with Crippen molar-refractivity contribution >= 4 is 11.8 Å². The zero-order valence-corrected chi connectivity index (χ0v) is 14.1. The van der Waals surface area contributed by atoms with Crippen molar-refractivity contribution in [2.24, 2.45) is 11.7 Å². The first-order valence-corrected chi connectivity index (χ1v) is 8.30. The zero-order chi connectivity index (χ0) is 19.3. The molecule has 1 aliphatic rings. The highest BCUT2D eigenvalue weighted by Gasteiger charge is 2.30. The fraction of sp³-hybridized carbons (Fsp3) is 0.529. The number of hydrogen-bond acceptors (Lipinski definition) is 4. The molecule has 6 nitrogen and oxygen atoms in total. The Morgan fingerprint density at radius 1 is 1.31 bits per heavy atom. The second-order valence-corrected chi connectivity index (χ2v) is 6.42. The summed E-state index contributed by atoms with van der Waals surface area (Å²) < 4.78 is 37.6. The molecule has 0 aromatic heterocycles. The van der Waals surface area contributed by atoms with Crippen LogP contribution in [0.1, 0.15) is 30.1 Å². The number of nitrogens with zero attached hydrogens (tertiary/aromatic N) is 1. The third-order valence-electron chi connectivity index (χ3n) is 4.35. The van der Waals surface area contributed by atoms with E-state index in [0.717, 1.165) is 18.6 Å². The van der Waals surface area contributed by atoms with Crippen LogP contribution in [0.25, 0.3) is 0 Å². The van der Waals surface area contributed by atoms with E-state index in [1.807, 2.05) is 4.90 Å². The van der Waals surface area contributed by atoms with Gasteiger partial charge in [-0.15, -0.1) is 0 Å². The Balaban J connectivity index is 1.85. The first-order chi connectivity index (χ1) is 12.2. The Bertz CT molecular complexity index is 634. The largest absolute Gasteiger partial charge is 0.416 e. The Morgan fingerprint density at radius 3 is 2.54 bits per heavy atom. The monoisotopic (exact) mass is 373 g/mol. The van der Waals surface area contributed by atoms with E-state index in [1.165, 1.54) is 12.1 Å². The van der Waals surface area contributed by atoms with E-state index in [9.17, 15) is 27.9 Å². The Hall–Kier alpha value is -2.13. The maximum Gasteiger partial charge on any atom is 0.416 e. The number of piperidine rings is 1. The molecule has 1 aromatic carbocycles. The summed E-state index contributed by atoms with van der Waals surface area (Å²) in [6, 6.07) is 4.16. The van der Waals surface area contributed by atoms with Gasteiger partial charge in [-0.3, -0.25) is 14.5 Å². The number of nitrogens with one attached hydrogen (secondary N) is 1. The minimum atomic E-state index is -4.44. The first kappa shape index (κ1) is 20.2. The highest BCUT2D eigenvalue weighted by atomic mass is 19.4. The maximum atomic E-state index is 12.5. The number of aliphatic hydroxyl groups excluding tert-OH is 1. The highest BCUT2D eigenvalue weighted by molar-refractivity contribution is 5.79. The summed E-state index contributed by atoms with van der Waals surface area (Å²) in [5.74, 6) is -1.03. The van der Waals surface area contributed by atoms with Crippen molar-refractivity contribution in [1.29, 1.82) is 0 Å². The smallest absolute Gasteiger partial charge is 0.387 e. The molecule has 0 radical (unpaired) electrons. The van der Waals surface area contributed by atoms with Crippen molar-refractivity contribution in [2.75, 3.05) is 26.2 Å². The van der Waals surface area contributed by atoms with Gasteiger partial charge in [0, 0.05) is 13.1 Å². The van der Waals surface area contributed by atoms with E-state index in [1.54, 1.807) is 0 Å². The molecule has 9 heteroatoms. The van der Waals surface area contributed by atoms with Crippen LogP contribution in [0, 0.1) is 5.92 Å². The minimum absolute atomic E-state index is 0.0952. The zero-order valence-electron chi connectivity index (χ0n) is 14.1. The van der Waals surface area contributed by atoms with Crippen molar-refractivity contribution in [1.82, 2.24) is 10.2 Å². The number of alkyl halides is 3. The van der Waals surface area contributed by atoms with Crippen LogP contribution in [0.4, 0.5) is 13.2 Å². The fourth-order valence-electron chi connectivity index (χ4n) is 2.99. The number of nitrogens with two attached hydrogens (primary N) is 1. The van der Waals surface area contributed by atoms with Crippen molar-refractivity contribution in [3.05, 3.63) is 35.4 Å². The van der Waals surface area contributed by atoms with E-state index in [-0.39, 0.29) is 30.5 Å². The van der Waals surface area contributed by atoms with E-state index in [0.29, 0.717) is 19.5 Å².